The van der Waals surface area contributed by atoms with Crippen LogP contribution in [0, 0.1) is 5.41 Å². The molecule has 88 valence electrons. The first-order valence-electron chi connectivity index (χ1n) is 5.44. The molecule has 1 amide bonds. The summed E-state index contributed by atoms with van der Waals surface area (Å²) in [6.07, 6.45) is 4.42. The largest absolute Gasteiger partial charge is 0.351 e. The lowest BCUT2D eigenvalue weighted by Gasteiger charge is -2.11. The summed E-state index contributed by atoms with van der Waals surface area (Å²) in [5.41, 5.74) is 6.83. The molecule has 2 unspecified atom stereocenters. The molecule has 1 aliphatic carbocycles. The van der Waals surface area contributed by atoms with E-state index >= 15 is 0 Å². The third kappa shape index (κ3) is 2.09. The Morgan fingerprint density at radius 3 is 2.81 bits per heavy atom. The van der Waals surface area contributed by atoms with Crippen molar-refractivity contribution in [3.63, 3.8) is 0 Å². The molecule has 2 rings (SSSR count). The summed E-state index contributed by atoms with van der Waals surface area (Å²) in [5.74, 6) is -0.122. The van der Waals surface area contributed by atoms with E-state index in [1.807, 2.05) is 0 Å². The van der Waals surface area contributed by atoms with Gasteiger partial charge in [0.1, 0.15) is 6.04 Å². The Morgan fingerprint density at radius 2 is 2.38 bits per heavy atom. The number of rotatable bonds is 3. The van der Waals surface area contributed by atoms with E-state index in [4.69, 9.17) is 5.73 Å². The van der Waals surface area contributed by atoms with Gasteiger partial charge < -0.3 is 11.1 Å². The van der Waals surface area contributed by atoms with Crippen molar-refractivity contribution in [1.82, 2.24) is 15.1 Å². The quantitative estimate of drug-likeness (QED) is 0.774. The molecule has 2 atom stereocenters. The molecule has 0 saturated heterocycles. The van der Waals surface area contributed by atoms with Crippen molar-refractivity contribution >= 4 is 5.91 Å². The maximum absolute atomic E-state index is 11.8. The molecule has 0 aromatic carbocycles. The van der Waals surface area contributed by atoms with Gasteiger partial charge in [0, 0.05) is 24.8 Å². The van der Waals surface area contributed by atoms with Crippen LogP contribution in [-0.4, -0.2) is 21.7 Å². The highest BCUT2D eigenvalue weighted by Gasteiger charge is 2.47. The molecule has 1 fully saturated rings. The summed E-state index contributed by atoms with van der Waals surface area (Å²) in [4.78, 5) is 11.8. The van der Waals surface area contributed by atoms with E-state index < -0.39 is 6.04 Å². The van der Waals surface area contributed by atoms with E-state index in [-0.39, 0.29) is 17.4 Å². The number of aromatic nitrogens is 2. The second kappa shape index (κ2) is 3.59. The minimum atomic E-state index is -0.620. The van der Waals surface area contributed by atoms with E-state index in [0.29, 0.717) is 0 Å². The van der Waals surface area contributed by atoms with Crippen LogP contribution < -0.4 is 11.1 Å². The second-order valence-corrected chi connectivity index (χ2v) is 5.18. The number of hydrogen-bond acceptors (Lipinski definition) is 3. The zero-order chi connectivity index (χ0) is 11.9. The second-order valence-electron chi connectivity index (χ2n) is 5.18. The van der Waals surface area contributed by atoms with Gasteiger partial charge in [0.2, 0.25) is 5.91 Å². The molecule has 3 N–H and O–H groups in total. The Kier molecular flexibility index (Phi) is 2.50. The van der Waals surface area contributed by atoms with Gasteiger partial charge in [-0.1, -0.05) is 13.8 Å². The molecule has 1 aromatic heterocycles. The van der Waals surface area contributed by atoms with E-state index in [0.717, 1.165) is 12.0 Å². The van der Waals surface area contributed by atoms with Crippen LogP contribution in [0.25, 0.3) is 0 Å². The standard InChI is InChI=1S/C11H18N4O/c1-11(2)4-8(11)14-10(16)9(12)7-5-13-15(3)6-7/h5-6,8-9H,4,12H2,1-3H3,(H,14,16). The van der Waals surface area contributed by atoms with Gasteiger partial charge in [0.25, 0.3) is 0 Å². The highest BCUT2D eigenvalue weighted by Crippen LogP contribution is 2.44. The van der Waals surface area contributed by atoms with E-state index in [2.05, 4.69) is 24.3 Å². The lowest BCUT2D eigenvalue weighted by molar-refractivity contribution is -0.122. The Labute approximate surface area is 95.0 Å². The van der Waals surface area contributed by atoms with Crippen LogP contribution in [0.1, 0.15) is 31.9 Å². The Bertz CT molecular complexity index is 410. The number of hydrogen-bond donors (Lipinski definition) is 2. The normalized spacial score (nSPS) is 23.9. The smallest absolute Gasteiger partial charge is 0.241 e. The molecule has 1 saturated carbocycles. The van der Waals surface area contributed by atoms with Crippen LogP contribution >= 0.6 is 0 Å². The van der Waals surface area contributed by atoms with Gasteiger partial charge in [-0.3, -0.25) is 9.48 Å². The average molecular weight is 222 g/mol. The van der Waals surface area contributed by atoms with Crippen LogP contribution in [0.15, 0.2) is 12.4 Å². The topological polar surface area (TPSA) is 72.9 Å². The number of aryl methyl sites for hydroxylation is 1. The molecule has 16 heavy (non-hydrogen) atoms. The van der Waals surface area contributed by atoms with Crippen molar-refractivity contribution in [3.05, 3.63) is 18.0 Å². The Hall–Kier alpha value is -1.36. The van der Waals surface area contributed by atoms with Crippen LogP contribution in [0.5, 0.6) is 0 Å². The molecule has 1 aliphatic rings. The molecule has 5 heteroatoms. The molecule has 0 aliphatic heterocycles. The van der Waals surface area contributed by atoms with Crippen LogP contribution in [-0.2, 0) is 11.8 Å². The number of nitrogens with two attached hydrogens (primary N) is 1. The average Bonchev–Trinajstić information content (AvgIpc) is 2.62. The fourth-order valence-electron chi connectivity index (χ4n) is 1.73. The van der Waals surface area contributed by atoms with Crippen molar-refractivity contribution in [3.8, 4) is 0 Å². The number of carbonyl (C=O) groups excluding carboxylic acids is 1. The molecule has 1 heterocycles. The number of carbonyl (C=O) groups is 1. The zero-order valence-corrected chi connectivity index (χ0v) is 9.90. The number of nitrogens with zero attached hydrogens (tertiary/aromatic N) is 2. The summed E-state index contributed by atoms with van der Waals surface area (Å²) in [6, 6.07) is -0.354. The third-order valence-corrected chi connectivity index (χ3v) is 3.20. The van der Waals surface area contributed by atoms with Crippen LogP contribution in [0.2, 0.25) is 0 Å². The first-order valence-corrected chi connectivity index (χ1v) is 5.44. The molecular formula is C11H18N4O. The minimum absolute atomic E-state index is 0.122. The monoisotopic (exact) mass is 222 g/mol. The third-order valence-electron chi connectivity index (χ3n) is 3.20. The van der Waals surface area contributed by atoms with Gasteiger partial charge in [-0.05, 0) is 11.8 Å². The maximum Gasteiger partial charge on any atom is 0.241 e. The van der Waals surface area contributed by atoms with Crippen molar-refractivity contribution in [1.29, 1.82) is 0 Å². The highest BCUT2D eigenvalue weighted by atomic mass is 16.2. The summed E-state index contributed by atoms with van der Waals surface area (Å²) in [5, 5.41) is 6.95. The lowest BCUT2D eigenvalue weighted by atomic mass is 10.1. The van der Waals surface area contributed by atoms with Crippen molar-refractivity contribution in [2.75, 3.05) is 0 Å². The predicted octanol–water partition coefficient (Wildman–Crippen LogP) is 0.335. The lowest BCUT2D eigenvalue weighted by Crippen LogP contribution is -2.36. The molecular weight excluding hydrogens is 204 g/mol. The van der Waals surface area contributed by atoms with Crippen molar-refractivity contribution < 1.29 is 4.79 Å². The summed E-state index contributed by atoms with van der Waals surface area (Å²) in [6.45, 7) is 4.26. The van der Waals surface area contributed by atoms with E-state index in [9.17, 15) is 4.79 Å². The Morgan fingerprint density at radius 1 is 1.75 bits per heavy atom. The van der Waals surface area contributed by atoms with Gasteiger partial charge in [0.15, 0.2) is 0 Å². The number of amides is 1. The number of nitrogens with one attached hydrogen (secondary N) is 1. The fraction of sp³-hybridized carbons (Fsp3) is 0.636. The first kappa shape index (κ1) is 11.1. The summed E-state index contributed by atoms with van der Waals surface area (Å²) < 4.78 is 1.64. The van der Waals surface area contributed by atoms with Gasteiger partial charge in [-0.25, -0.2) is 0 Å². The molecule has 5 nitrogen and oxygen atoms in total. The summed E-state index contributed by atoms with van der Waals surface area (Å²) >= 11 is 0. The Balaban J connectivity index is 1.95. The zero-order valence-electron chi connectivity index (χ0n) is 9.90. The molecule has 0 radical (unpaired) electrons. The highest BCUT2D eigenvalue weighted by molar-refractivity contribution is 5.83. The van der Waals surface area contributed by atoms with E-state index in [1.165, 1.54) is 0 Å². The van der Waals surface area contributed by atoms with Crippen molar-refractivity contribution in [2.24, 2.45) is 18.2 Å². The SMILES string of the molecule is Cn1cc(C(N)C(=O)NC2CC2(C)C)cn1. The predicted molar refractivity (Wildman–Crippen MR) is 60.5 cm³/mol. The molecule has 0 bridgehead atoms. The van der Waals surface area contributed by atoms with Crippen molar-refractivity contribution in [2.45, 2.75) is 32.4 Å². The van der Waals surface area contributed by atoms with Gasteiger partial charge >= 0.3 is 0 Å². The molecule has 0 spiro atoms. The molecule has 1 aromatic rings. The van der Waals surface area contributed by atoms with Gasteiger partial charge in [-0.2, -0.15) is 5.10 Å². The maximum atomic E-state index is 11.8. The fourth-order valence-corrected chi connectivity index (χ4v) is 1.73. The summed E-state index contributed by atoms with van der Waals surface area (Å²) in [7, 11) is 1.80. The van der Waals surface area contributed by atoms with Gasteiger partial charge in [0.05, 0.1) is 6.20 Å². The van der Waals surface area contributed by atoms with Crippen LogP contribution in [0.3, 0.4) is 0 Å². The van der Waals surface area contributed by atoms with Gasteiger partial charge in [-0.15, -0.1) is 0 Å². The van der Waals surface area contributed by atoms with E-state index in [1.54, 1.807) is 24.1 Å². The first-order chi connectivity index (χ1) is 7.40. The minimum Gasteiger partial charge on any atom is -0.351 e. The van der Waals surface area contributed by atoms with Crippen LogP contribution in [0.4, 0.5) is 0 Å².